The van der Waals surface area contributed by atoms with E-state index in [-0.39, 0.29) is 45.6 Å². The molecule has 0 saturated heterocycles. The third-order valence-corrected chi connectivity index (χ3v) is 9.22. The van der Waals surface area contributed by atoms with Gasteiger partial charge in [-0.25, -0.2) is 22.0 Å². The fourth-order valence-corrected chi connectivity index (χ4v) is 6.10. The molecule has 240 valence electrons. The van der Waals surface area contributed by atoms with Gasteiger partial charge < -0.3 is 15.0 Å². The molecule has 1 unspecified atom stereocenters. The summed E-state index contributed by atoms with van der Waals surface area (Å²) in [4.78, 5) is 30.1. The smallest absolute Gasteiger partial charge is 0.331 e. The summed E-state index contributed by atoms with van der Waals surface area (Å²) in [5.41, 5.74) is -1.17. The molecular weight excluding hydrogens is 602 g/mol. The molecule has 0 spiro atoms. The van der Waals surface area contributed by atoms with Crippen molar-refractivity contribution >= 4 is 9.84 Å². The molecule has 1 aromatic heterocycles. The quantitative estimate of drug-likeness (QED) is 0.250. The first kappa shape index (κ1) is 33.8. The first-order valence-corrected chi connectivity index (χ1v) is 16.2. The van der Waals surface area contributed by atoms with Crippen molar-refractivity contribution in [3.05, 3.63) is 116 Å². The molecule has 12 heteroatoms. The Labute approximate surface area is 261 Å². The molecule has 0 fully saturated rings. The summed E-state index contributed by atoms with van der Waals surface area (Å²) in [6.45, 7) is 3.34. The maximum atomic E-state index is 15.7. The maximum absolute atomic E-state index is 15.7. The maximum Gasteiger partial charge on any atom is 0.331 e. The molecule has 3 aromatic carbocycles. The normalized spacial score (nSPS) is 13.2. The number of aromatic nitrogens is 2. The topological polar surface area (TPSA) is 103 Å². The lowest BCUT2D eigenvalue weighted by atomic mass is 10.0. The molecule has 0 aliphatic carbocycles. The molecule has 0 aliphatic heterocycles. The summed E-state index contributed by atoms with van der Waals surface area (Å²) in [6, 6.07) is 16.8. The molecule has 0 saturated carbocycles. The molecule has 1 N–H and O–H groups in total. The highest BCUT2D eigenvalue weighted by Gasteiger charge is 2.26. The van der Waals surface area contributed by atoms with Gasteiger partial charge in [-0.2, -0.15) is 0 Å². The van der Waals surface area contributed by atoms with E-state index in [2.05, 4.69) is 5.32 Å². The second-order valence-corrected chi connectivity index (χ2v) is 13.2. The molecule has 2 atom stereocenters. The van der Waals surface area contributed by atoms with Crippen LogP contribution in [-0.2, 0) is 22.9 Å². The third-order valence-electron chi connectivity index (χ3n) is 8.04. The van der Waals surface area contributed by atoms with Gasteiger partial charge in [0.25, 0.3) is 5.56 Å². The van der Waals surface area contributed by atoms with E-state index in [4.69, 9.17) is 4.74 Å². The molecule has 0 radical (unpaired) electrons. The van der Waals surface area contributed by atoms with Gasteiger partial charge in [-0.05, 0) is 51.7 Å². The molecule has 45 heavy (non-hydrogen) atoms. The van der Waals surface area contributed by atoms with Gasteiger partial charge in [-0.3, -0.25) is 13.9 Å². The number of nitrogens with zero attached hydrogens (tertiary/aromatic N) is 3. The highest BCUT2D eigenvalue weighted by atomic mass is 32.2. The number of nitrogens with one attached hydrogen (secondary N) is 1. The first-order chi connectivity index (χ1) is 21.3. The standard InChI is InChI=1S/C33H38F2N4O5S/c1-21(37(3)4)18-36-27(23-12-8-7-9-13-23)20-39-32(40)30(24-14-10-16-28(44-5)31(24)35)22(2)38(33(39)41)19-25-26(34)15-11-17-29(25)45(6,42)43/h7-17,21,27,36H,18-20H2,1-6H3/t21?,27-/m0/s1. The number of hydrogen-bond donors (Lipinski definition) is 1. The summed E-state index contributed by atoms with van der Waals surface area (Å²) >= 11 is 0. The number of ether oxygens (including phenoxy) is 1. The lowest BCUT2D eigenvalue weighted by molar-refractivity contribution is 0.286. The fourth-order valence-electron chi connectivity index (χ4n) is 5.17. The molecule has 1 heterocycles. The van der Waals surface area contributed by atoms with Crippen molar-refractivity contribution < 1.29 is 21.9 Å². The molecule has 0 aliphatic rings. The number of halogens is 2. The summed E-state index contributed by atoms with van der Waals surface area (Å²) in [5.74, 6) is -1.75. The van der Waals surface area contributed by atoms with E-state index in [9.17, 15) is 18.0 Å². The van der Waals surface area contributed by atoms with Crippen LogP contribution in [0.3, 0.4) is 0 Å². The van der Waals surface area contributed by atoms with Gasteiger partial charge in [-0.1, -0.05) is 48.5 Å². The van der Waals surface area contributed by atoms with Crippen LogP contribution in [0.25, 0.3) is 11.1 Å². The highest BCUT2D eigenvalue weighted by Crippen LogP contribution is 2.29. The Hall–Kier alpha value is -4.13. The Balaban J connectivity index is 1.99. The average molecular weight is 641 g/mol. The number of sulfone groups is 1. The second-order valence-electron chi connectivity index (χ2n) is 11.2. The number of methoxy groups -OCH3 is 1. The zero-order chi connectivity index (χ0) is 33.1. The van der Waals surface area contributed by atoms with Crippen molar-refractivity contribution in [1.82, 2.24) is 19.4 Å². The van der Waals surface area contributed by atoms with Gasteiger partial charge >= 0.3 is 5.69 Å². The van der Waals surface area contributed by atoms with Crippen LogP contribution in [0.5, 0.6) is 5.75 Å². The van der Waals surface area contributed by atoms with Crippen molar-refractivity contribution in [3.8, 4) is 16.9 Å². The van der Waals surface area contributed by atoms with Crippen molar-refractivity contribution in [3.63, 3.8) is 0 Å². The van der Waals surface area contributed by atoms with Crippen LogP contribution < -0.4 is 21.3 Å². The lowest BCUT2D eigenvalue weighted by Crippen LogP contribution is -2.46. The Morgan fingerprint density at radius 1 is 0.956 bits per heavy atom. The number of benzene rings is 3. The highest BCUT2D eigenvalue weighted by molar-refractivity contribution is 7.90. The van der Waals surface area contributed by atoms with E-state index >= 15 is 8.78 Å². The van der Waals surface area contributed by atoms with Crippen LogP contribution in [-0.4, -0.2) is 62.5 Å². The zero-order valence-electron chi connectivity index (χ0n) is 26.2. The van der Waals surface area contributed by atoms with Gasteiger partial charge in [0.2, 0.25) is 0 Å². The largest absolute Gasteiger partial charge is 0.494 e. The molecule has 9 nitrogen and oxygen atoms in total. The number of likely N-dealkylation sites (N-methyl/N-ethyl adjacent to an activating group) is 1. The van der Waals surface area contributed by atoms with E-state index < -0.39 is 45.3 Å². The molecular formula is C33H38F2N4O5S. The molecule has 0 amide bonds. The minimum absolute atomic E-state index is 0.0431. The van der Waals surface area contributed by atoms with E-state index in [1.165, 1.54) is 44.4 Å². The monoisotopic (exact) mass is 640 g/mol. The predicted molar refractivity (Wildman–Crippen MR) is 171 cm³/mol. The summed E-state index contributed by atoms with van der Waals surface area (Å²) in [7, 11) is 1.29. The Kier molecular flexibility index (Phi) is 10.4. The molecule has 0 bridgehead atoms. The fraction of sp³-hybridized carbons (Fsp3) is 0.333. The van der Waals surface area contributed by atoms with Gasteiger partial charge in [0, 0.05) is 35.7 Å². The first-order valence-electron chi connectivity index (χ1n) is 14.4. The minimum Gasteiger partial charge on any atom is -0.494 e. The number of hydrogen-bond acceptors (Lipinski definition) is 7. The van der Waals surface area contributed by atoms with Crippen molar-refractivity contribution in [2.75, 3.05) is 34.0 Å². The van der Waals surface area contributed by atoms with Crippen LogP contribution in [0.15, 0.2) is 81.2 Å². The van der Waals surface area contributed by atoms with Crippen molar-refractivity contribution in [2.45, 2.75) is 43.9 Å². The lowest BCUT2D eigenvalue weighted by Gasteiger charge is -2.26. The summed E-state index contributed by atoms with van der Waals surface area (Å²) in [5, 5.41) is 3.45. The Morgan fingerprint density at radius 3 is 2.24 bits per heavy atom. The van der Waals surface area contributed by atoms with Gasteiger partial charge in [0.1, 0.15) is 5.82 Å². The number of rotatable bonds is 12. The molecule has 4 rings (SSSR count). The predicted octanol–water partition coefficient (Wildman–Crippen LogP) is 4.01. The summed E-state index contributed by atoms with van der Waals surface area (Å²) < 4.78 is 63.3. The van der Waals surface area contributed by atoms with Crippen LogP contribution in [0.2, 0.25) is 0 Å². The second kappa shape index (κ2) is 13.9. The molecule has 4 aromatic rings. The minimum atomic E-state index is -3.89. The van der Waals surface area contributed by atoms with Crippen LogP contribution in [0.4, 0.5) is 8.78 Å². The Morgan fingerprint density at radius 2 is 1.62 bits per heavy atom. The van der Waals surface area contributed by atoms with Crippen molar-refractivity contribution in [1.29, 1.82) is 0 Å². The van der Waals surface area contributed by atoms with Gasteiger partial charge in [0.15, 0.2) is 21.4 Å². The Bertz CT molecular complexity index is 1910. The summed E-state index contributed by atoms with van der Waals surface area (Å²) in [6.07, 6.45) is 0.948. The van der Waals surface area contributed by atoms with Crippen LogP contribution >= 0.6 is 0 Å². The van der Waals surface area contributed by atoms with E-state index in [1.54, 1.807) is 0 Å². The van der Waals surface area contributed by atoms with E-state index in [0.29, 0.717) is 6.54 Å². The van der Waals surface area contributed by atoms with Gasteiger partial charge in [-0.15, -0.1) is 0 Å². The van der Waals surface area contributed by atoms with Gasteiger partial charge in [0.05, 0.1) is 36.7 Å². The SMILES string of the molecule is COc1cccc(-c2c(C)n(Cc3c(F)cccc3S(C)(=O)=O)c(=O)n(C[C@H](NCC(C)N(C)C)c3ccccc3)c2=O)c1F. The third kappa shape index (κ3) is 7.24. The van der Waals surface area contributed by atoms with Crippen molar-refractivity contribution in [2.24, 2.45) is 0 Å². The zero-order valence-corrected chi connectivity index (χ0v) is 27.0. The average Bonchev–Trinajstić information content (AvgIpc) is 3.00. The van der Waals surface area contributed by atoms with Crippen LogP contribution in [0.1, 0.15) is 29.8 Å². The van der Waals surface area contributed by atoms with Crippen LogP contribution in [0, 0.1) is 18.6 Å². The van der Waals surface area contributed by atoms with E-state index in [0.717, 1.165) is 27.0 Å². The van der Waals surface area contributed by atoms with E-state index in [1.807, 2.05) is 56.3 Å².